The van der Waals surface area contributed by atoms with Crippen LogP contribution in [0.5, 0.6) is 0 Å². The molecular weight excluding hydrogens is 422 g/mol. The third-order valence-corrected chi connectivity index (χ3v) is 6.34. The van der Waals surface area contributed by atoms with Gasteiger partial charge in [0.05, 0.1) is 16.9 Å². The Kier molecular flexibility index (Phi) is 6.41. The van der Waals surface area contributed by atoms with Crippen LogP contribution < -0.4 is 16.6 Å². The quantitative estimate of drug-likeness (QED) is 0.691. The Morgan fingerprint density at radius 3 is 2.55 bits per heavy atom. The summed E-state index contributed by atoms with van der Waals surface area (Å²) >= 11 is 0. The molecule has 1 aliphatic carbocycles. The van der Waals surface area contributed by atoms with Gasteiger partial charge in [-0.1, -0.05) is 27.7 Å². The van der Waals surface area contributed by atoms with Gasteiger partial charge in [-0.25, -0.2) is 9.78 Å². The van der Waals surface area contributed by atoms with Gasteiger partial charge in [0.25, 0.3) is 11.5 Å². The van der Waals surface area contributed by atoms with E-state index >= 15 is 0 Å². The monoisotopic (exact) mass is 455 g/mol. The molecule has 1 atom stereocenters. The highest BCUT2D eigenvalue weighted by Gasteiger charge is 2.33. The smallest absolute Gasteiger partial charge is 0.330 e. The molecule has 9 heteroatoms. The van der Waals surface area contributed by atoms with Crippen molar-refractivity contribution < 1.29 is 9.59 Å². The molecule has 2 aromatic rings. The largest absolute Gasteiger partial charge is 0.353 e. The summed E-state index contributed by atoms with van der Waals surface area (Å²) in [7, 11) is 0. The van der Waals surface area contributed by atoms with Crippen LogP contribution in [0, 0.1) is 11.8 Å². The molecule has 178 valence electrons. The van der Waals surface area contributed by atoms with Crippen LogP contribution >= 0.6 is 0 Å². The van der Waals surface area contributed by atoms with E-state index in [4.69, 9.17) is 0 Å². The topological polar surface area (TPSA) is 117 Å². The first kappa shape index (κ1) is 23.2. The molecule has 2 amide bonds. The van der Waals surface area contributed by atoms with Crippen LogP contribution in [0.1, 0.15) is 75.3 Å². The molecule has 9 nitrogen and oxygen atoms in total. The normalized spacial score (nSPS) is 18.8. The third-order valence-electron chi connectivity index (χ3n) is 6.34. The van der Waals surface area contributed by atoms with Gasteiger partial charge >= 0.3 is 5.69 Å². The maximum absolute atomic E-state index is 13.7. The minimum Gasteiger partial charge on any atom is -0.353 e. The minimum atomic E-state index is -0.610. The van der Waals surface area contributed by atoms with Crippen molar-refractivity contribution in [1.29, 1.82) is 0 Å². The molecule has 0 spiro atoms. The van der Waals surface area contributed by atoms with Crippen molar-refractivity contribution in [3.05, 3.63) is 38.2 Å². The van der Waals surface area contributed by atoms with Crippen LogP contribution in [0.2, 0.25) is 0 Å². The molecule has 4 rings (SSSR count). The zero-order valence-electron chi connectivity index (χ0n) is 19.8. The van der Waals surface area contributed by atoms with Crippen molar-refractivity contribution >= 4 is 22.8 Å². The molecule has 0 bridgehead atoms. The van der Waals surface area contributed by atoms with E-state index in [0.29, 0.717) is 25.3 Å². The molecule has 2 N–H and O–H groups in total. The molecule has 1 unspecified atom stereocenters. The summed E-state index contributed by atoms with van der Waals surface area (Å²) in [5.74, 6) is -0.400. The van der Waals surface area contributed by atoms with Crippen molar-refractivity contribution in [3.63, 3.8) is 0 Å². The molecule has 1 saturated heterocycles. The molecular formula is C24H33N5O4. The van der Waals surface area contributed by atoms with Crippen molar-refractivity contribution in [1.82, 2.24) is 24.8 Å². The van der Waals surface area contributed by atoms with Gasteiger partial charge in [-0.05, 0) is 43.6 Å². The Hall–Kier alpha value is -2.97. The van der Waals surface area contributed by atoms with E-state index < -0.39 is 11.2 Å². The van der Waals surface area contributed by atoms with Crippen molar-refractivity contribution in [3.8, 4) is 0 Å². The van der Waals surface area contributed by atoms with Crippen LogP contribution in [0.3, 0.4) is 0 Å². The second-order valence-electron chi connectivity index (χ2n) is 10.1. The summed E-state index contributed by atoms with van der Waals surface area (Å²) in [6.45, 7) is 9.09. The fourth-order valence-electron chi connectivity index (χ4n) is 4.39. The van der Waals surface area contributed by atoms with Crippen LogP contribution in [0.25, 0.3) is 11.0 Å². The number of aromatic amines is 1. The predicted octanol–water partition coefficient (Wildman–Crippen LogP) is 1.99. The Bertz CT molecular complexity index is 1190. The summed E-state index contributed by atoms with van der Waals surface area (Å²) in [5, 5.41) is 3.17. The summed E-state index contributed by atoms with van der Waals surface area (Å²) < 4.78 is 1.45. The first-order valence-corrected chi connectivity index (χ1v) is 11.9. The number of fused-ring (bicyclic) bond motifs is 1. The summed E-state index contributed by atoms with van der Waals surface area (Å²) in [5.41, 5.74) is -0.00452. The molecule has 0 aromatic carbocycles. The number of hydrogen-bond donors (Lipinski definition) is 2. The van der Waals surface area contributed by atoms with Crippen LogP contribution in [0.15, 0.2) is 15.7 Å². The van der Waals surface area contributed by atoms with E-state index in [0.717, 1.165) is 25.7 Å². The second-order valence-corrected chi connectivity index (χ2v) is 10.1. The maximum atomic E-state index is 13.7. The van der Waals surface area contributed by atoms with E-state index in [1.165, 1.54) is 4.57 Å². The summed E-state index contributed by atoms with van der Waals surface area (Å²) in [6.07, 6.45) is 3.50. The number of H-pyrrole nitrogens is 1. The average Bonchev–Trinajstić information content (AvgIpc) is 3.59. The van der Waals surface area contributed by atoms with Crippen LogP contribution in [0.4, 0.5) is 0 Å². The van der Waals surface area contributed by atoms with E-state index in [9.17, 15) is 19.2 Å². The molecule has 2 aromatic heterocycles. The Morgan fingerprint density at radius 2 is 1.91 bits per heavy atom. The SMILES string of the molecule is CC(C)Cn1c(=O)[nH]c(=O)c2c(C(=O)N3CCCC(C(=O)NC4CC4)C3)cc(C(C)C)nc21. The molecule has 2 aliphatic rings. The van der Waals surface area contributed by atoms with Crippen LogP contribution in [-0.4, -0.2) is 50.4 Å². The standard InChI is InChI=1S/C24H33N5O4/c1-13(2)11-29-20-19(22(31)27-24(29)33)17(10-18(26-20)14(3)4)23(32)28-9-5-6-15(12-28)21(30)25-16-7-8-16/h10,13-16H,5-9,11-12H2,1-4H3,(H,25,30)(H,27,31,33). The van der Waals surface area contributed by atoms with Crippen molar-refractivity contribution in [2.24, 2.45) is 11.8 Å². The Balaban J connectivity index is 1.77. The highest BCUT2D eigenvalue weighted by Crippen LogP contribution is 2.25. The van der Waals surface area contributed by atoms with Gasteiger partial charge in [-0.3, -0.25) is 23.9 Å². The first-order chi connectivity index (χ1) is 15.7. The number of likely N-dealkylation sites (tertiary alicyclic amines) is 1. The van der Waals surface area contributed by atoms with Crippen molar-refractivity contribution in [2.45, 2.75) is 71.9 Å². The van der Waals surface area contributed by atoms with Gasteiger partial charge in [0.2, 0.25) is 5.91 Å². The van der Waals surface area contributed by atoms with Gasteiger partial charge in [-0.15, -0.1) is 0 Å². The molecule has 1 saturated carbocycles. The number of amides is 2. The fraction of sp³-hybridized carbons (Fsp3) is 0.625. The molecule has 0 radical (unpaired) electrons. The number of rotatable bonds is 6. The predicted molar refractivity (Wildman–Crippen MR) is 125 cm³/mol. The van der Waals surface area contributed by atoms with Gasteiger partial charge in [0, 0.05) is 31.4 Å². The number of pyridine rings is 1. The number of carbonyl (C=O) groups is 2. The number of nitrogens with one attached hydrogen (secondary N) is 2. The van der Waals surface area contributed by atoms with Crippen molar-refractivity contribution in [2.75, 3.05) is 13.1 Å². The van der Waals surface area contributed by atoms with Gasteiger partial charge in [0.1, 0.15) is 0 Å². The van der Waals surface area contributed by atoms with E-state index in [1.54, 1.807) is 11.0 Å². The second kappa shape index (κ2) is 9.11. The van der Waals surface area contributed by atoms with E-state index in [-0.39, 0.29) is 52.2 Å². The number of hydrogen-bond acceptors (Lipinski definition) is 5. The van der Waals surface area contributed by atoms with Gasteiger partial charge in [0.15, 0.2) is 5.65 Å². The third kappa shape index (κ3) is 4.86. The number of aromatic nitrogens is 3. The van der Waals surface area contributed by atoms with Gasteiger partial charge in [-0.2, -0.15) is 0 Å². The number of carbonyl (C=O) groups excluding carboxylic acids is 2. The van der Waals surface area contributed by atoms with E-state index in [1.807, 2.05) is 27.7 Å². The number of piperidine rings is 1. The average molecular weight is 456 g/mol. The number of nitrogens with zero attached hydrogens (tertiary/aromatic N) is 3. The first-order valence-electron chi connectivity index (χ1n) is 11.9. The van der Waals surface area contributed by atoms with Gasteiger partial charge < -0.3 is 10.2 Å². The highest BCUT2D eigenvalue weighted by atomic mass is 16.2. The fourth-order valence-corrected chi connectivity index (χ4v) is 4.39. The lowest BCUT2D eigenvalue weighted by Gasteiger charge is -2.32. The lowest BCUT2D eigenvalue weighted by Crippen LogP contribution is -2.46. The highest BCUT2D eigenvalue weighted by molar-refractivity contribution is 6.05. The Morgan fingerprint density at radius 1 is 1.18 bits per heavy atom. The van der Waals surface area contributed by atoms with E-state index in [2.05, 4.69) is 15.3 Å². The minimum absolute atomic E-state index is 0.000995. The molecule has 1 aliphatic heterocycles. The zero-order chi connectivity index (χ0) is 23.9. The molecule has 2 fully saturated rings. The molecule has 3 heterocycles. The Labute approximate surface area is 192 Å². The lowest BCUT2D eigenvalue weighted by atomic mass is 9.95. The lowest BCUT2D eigenvalue weighted by molar-refractivity contribution is -0.126. The molecule has 33 heavy (non-hydrogen) atoms. The zero-order valence-corrected chi connectivity index (χ0v) is 19.8. The van der Waals surface area contributed by atoms with Crippen LogP contribution in [-0.2, 0) is 11.3 Å². The summed E-state index contributed by atoms with van der Waals surface area (Å²) in [6, 6.07) is 1.94. The maximum Gasteiger partial charge on any atom is 0.330 e. The summed E-state index contributed by atoms with van der Waals surface area (Å²) in [4.78, 5) is 60.4.